The van der Waals surface area contributed by atoms with Crippen molar-refractivity contribution in [3.63, 3.8) is 0 Å². The number of phenolic OH excluding ortho intramolecular Hbond substituents is 2. The zero-order valence-corrected chi connectivity index (χ0v) is 18.3. The van der Waals surface area contributed by atoms with Gasteiger partial charge >= 0.3 is 0 Å². The summed E-state index contributed by atoms with van der Waals surface area (Å²) in [4.78, 5) is 17.0. The van der Waals surface area contributed by atoms with Gasteiger partial charge in [0.05, 0.1) is 12.1 Å². The molecule has 0 fully saturated rings. The average Bonchev–Trinajstić information content (AvgIpc) is 2.75. The SMILES string of the molecule is CC(=O)C(C(c1ccccc1)N(C)Cc1ccccc1O)N(C)Cc1ccccc1O. The largest absolute Gasteiger partial charge is 0.508 e. The second kappa shape index (κ2) is 10.2. The van der Waals surface area contributed by atoms with E-state index in [0.29, 0.717) is 13.1 Å². The molecule has 0 aliphatic carbocycles. The lowest BCUT2D eigenvalue weighted by Gasteiger charge is -2.39. The van der Waals surface area contributed by atoms with E-state index in [1.807, 2.05) is 73.6 Å². The van der Waals surface area contributed by atoms with E-state index in [9.17, 15) is 15.0 Å². The second-order valence-electron chi connectivity index (χ2n) is 8.00. The van der Waals surface area contributed by atoms with Crippen LogP contribution in [0, 0.1) is 0 Å². The van der Waals surface area contributed by atoms with Crippen molar-refractivity contribution < 1.29 is 15.0 Å². The Balaban J connectivity index is 1.96. The number of phenols is 2. The average molecular weight is 419 g/mol. The molecule has 0 aromatic heterocycles. The Morgan fingerprint density at radius 1 is 0.742 bits per heavy atom. The molecular weight excluding hydrogens is 388 g/mol. The summed E-state index contributed by atoms with van der Waals surface area (Å²) in [6, 6.07) is 23.7. The fraction of sp³-hybridized carbons (Fsp3) is 0.269. The number of carbonyl (C=O) groups is 1. The molecule has 3 aromatic rings. The Hall–Kier alpha value is -3.15. The molecule has 2 N–H and O–H groups in total. The van der Waals surface area contributed by atoms with Crippen LogP contribution in [-0.2, 0) is 17.9 Å². The highest BCUT2D eigenvalue weighted by atomic mass is 16.3. The molecule has 0 aliphatic heterocycles. The standard InChI is InChI=1S/C26H30N2O3/c1-19(29)25(27(2)17-21-13-7-9-15-23(21)30)26(20-11-5-4-6-12-20)28(3)18-22-14-8-10-16-24(22)31/h4-16,25-26,30-31H,17-18H2,1-3H3. The molecule has 0 heterocycles. The van der Waals surface area contributed by atoms with Gasteiger partial charge in [0.25, 0.3) is 0 Å². The molecule has 5 nitrogen and oxygen atoms in total. The first-order valence-electron chi connectivity index (χ1n) is 10.4. The summed E-state index contributed by atoms with van der Waals surface area (Å²) in [5, 5.41) is 20.5. The number of carbonyl (C=O) groups excluding carboxylic acids is 1. The third-order valence-electron chi connectivity index (χ3n) is 5.63. The van der Waals surface area contributed by atoms with E-state index in [0.717, 1.165) is 16.7 Å². The van der Waals surface area contributed by atoms with Gasteiger partial charge < -0.3 is 10.2 Å². The van der Waals surface area contributed by atoms with Crippen molar-refractivity contribution in [2.24, 2.45) is 0 Å². The van der Waals surface area contributed by atoms with Crippen molar-refractivity contribution >= 4 is 5.78 Å². The first kappa shape index (κ1) is 22.5. The minimum Gasteiger partial charge on any atom is -0.508 e. The van der Waals surface area contributed by atoms with Gasteiger partial charge in [-0.1, -0.05) is 66.7 Å². The van der Waals surface area contributed by atoms with Gasteiger partial charge in [-0.25, -0.2) is 0 Å². The number of para-hydroxylation sites is 2. The second-order valence-corrected chi connectivity index (χ2v) is 8.00. The number of likely N-dealkylation sites (N-methyl/N-ethyl adjacent to an activating group) is 2. The molecule has 2 unspecified atom stereocenters. The van der Waals surface area contributed by atoms with Crippen LogP contribution in [0.2, 0.25) is 0 Å². The summed E-state index contributed by atoms with van der Waals surface area (Å²) in [7, 11) is 3.87. The first-order chi connectivity index (χ1) is 14.9. The van der Waals surface area contributed by atoms with E-state index in [1.165, 1.54) is 0 Å². The number of benzene rings is 3. The van der Waals surface area contributed by atoms with Crippen LogP contribution in [0.5, 0.6) is 11.5 Å². The number of rotatable bonds is 9. The van der Waals surface area contributed by atoms with E-state index < -0.39 is 6.04 Å². The number of nitrogens with zero attached hydrogens (tertiary/aromatic N) is 2. The van der Waals surface area contributed by atoms with Gasteiger partial charge in [-0.2, -0.15) is 0 Å². The van der Waals surface area contributed by atoms with Gasteiger partial charge in [0.2, 0.25) is 0 Å². The normalized spacial score (nSPS) is 13.3. The van der Waals surface area contributed by atoms with E-state index in [2.05, 4.69) is 4.90 Å². The summed E-state index contributed by atoms with van der Waals surface area (Å²) < 4.78 is 0. The summed E-state index contributed by atoms with van der Waals surface area (Å²) in [6.07, 6.45) is 0. The predicted molar refractivity (Wildman–Crippen MR) is 123 cm³/mol. The van der Waals surface area contributed by atoms with Crippen LogP contribution in [0.4, 0.5) is 0 Å². The van der Waals surface area contributed by atoms with Crippen LogP contribution >= 0.6 is 0 Å². The Bertz CT molecular complexity index is 1010. The Morgan fingerprint density at radius 2 is 1.19 bits per heavy atom. The number of Topliss-reactive ketones (excluding diaryl/α,β-unsaturated/α-hetero) is 1. The van der Waals surface area contributed by atoms with Gasteiger partial charge in [-0.3, -0.25) is 14.6 Å². The van der Waals surface area contributed by atoms with Crippen molar-refractivity contribution in [2.45, 2.75) is 32.1 Å². The summed E-state index contributed by atoms with van der Waals surface area (Å²) in [5.74, 6) is 0.495. The molecule has 0 radical (unpaired) electrons. The maximum Gasteiger partial charge on any atom is 0.148 e. The molecule has 0 bridgehead atoms. The molecule has 0 saturated heterocycles. The van der Waals surface area contributed by atoms with E-state index in [4.69, 9.17) is 0 Å². The Labute approximate surface area is 184 Å². The molecule has 0 amide bonds. The summed E-state index contributed by atoms with van der Waals surface area (Å²) >= 11 is 0. The minimum absolute atomic E-state index is 0.0379. The van der Waals surface area contributed by atoms with Gasteiger partial charge in [-0.15, -0.1) is 0 Å². The van der Waals surface area contributed by atoms with E-state index >= 15 is 0 Å². The Kier molecular flexibility index (Phi) is 7.45. The number of ketones is 1. The maximum atomic E-state index is 12.9. The van der Waals surface area contributed by atoms with Crippen LogP contribution < -0.4 is 0 Å². The van der Waals surface area contributed by atoms with Crippen LogP contribution in [0.1, 0.15) is 29.7 Å². The van der Waals surface area contributed by atoms with Crippen molar-refractivity contribution in [3.8, 4) is 11.5 Å². The highest BCUT2D eigenvalue weighted by molar-refractivity contribution is 5.82. The zero-order valence-electron chi connectivity index (χ0n) is 18.3. The van der Waals surface area contributed by atoms with Crippen molar-refractivity contribution in [3.05, 3.63) is 95.6 Å². The molecule has 31 heavy (non-hydrogen) atoms. The fourth-order valence-electron chi connectivity index (χ4n) is 4.12. The lowest BCUT2D eigenvalue weighted by molar-refractivity contribution is -0.124. The van der Waals surface area contributed by atoms with Gasteiger partial charge in [0.1, 0.15) is 17.3 Å². The highest BCUT2D eigenvalue weighted by Crippen LogP contribution is 2.31. The lowest BCUT2D eigenvalue weighted by atomic mass is 9.93. The van der Waals surface area contributed by atoms with E-state index in [1.54, 1.807) is 31.2 Å². The van der Waals surface area contributed by atoms with Crippen molar-refractivity contribution in [2.75, 3.05) is 14.1 Å². The summed E-state index contributed by atoms with van der Waals surface area (Å²) in [5.41, 5.74) is 2.59. The first-order valence-corrected chi connectivity index (χ1v) is 10.4. The number of aromatic hydroxyl groups is 2. The third kappa shape index (κ3) is 5.51. The lowest BCUT2D eigenvalue weighted by Crippen LogP contribution is -2.47. The van der Waals surface area contributed by atoms with E-state index in [-0.39, 0.29) is 23.3 Å². The van der Waals surface area contributed by atoms with Gasteiger partial charge in [-0.05, 0) is 38.7 Å². The summed E-state index contributed by atoms with van der Waals surface area (Å²) in [6.45, 7) is 2.53. The van der Waals surface area contributed by atoms with Gasteiger partial charge in [0.15, 0.2) is 0 Å². The zero-order chi connectivity index (χ0) is 22.4. The molecule has 0 saturated carbocycles. The molecular formula is C26H30N2O3. The smallest absolute Gasteiger partial charge is 0.148 e. The van der Waals surface area contributed by atoms with Gasteiger partial charge in [0, 0.05) is 24.2 Å². The minimum atomic E-state index is -0.446. The molecule has 3 rings (SSSR count). The van der Waals surface area contributed by atoms with Crippen LogP contribution in [-0.4, -0.2) is 45.9 Å². The highest BCUT2D eigenvalue weighted by Gasteiger charge is 2.34. The fourth-order valence-corrected chi connectivity index (χ4v) is 4.12. The molecule has 5 heteroatoms. The monoisotopic (exact) mass is 418 g/mol. The molecule has 3 aromatic carbocycles. The third-order valence-corrected chi connectivity index (χ3v) is 5.63. The van der Waals surface area contributed by atoms with Crippen LogP contribution in [0.15, 0.2) is 78.9 Å². The molecule has 0 aliphatic rings. The molecule has 0 spiro atoms. The number of hydrogen-bond acceptors (Lipinski definition) is 5. The molecule has 162 valence electrons. The van der Waals surface area contributed by atoms with Crippen LogP contribution in [0.3, 0.4) is 0 Å². The molecule has 2 atom stereocenters. The topological polar surface area (TPSA) is 64.0 Å². The Morgan fingerprint density at radius 3 is 1.68 bits per heavy atom. The predicted octanol–water partition coefficient (Wildman–Crippen LogP) is 4.36. The van der Waals surface area contributed by atoms with Crippen molar-refractivity contribution in [1.29, 1.82) is 0 Å². The van der Waals surface area contributed by atoms with Crippen molar-refractivity contribution in [1.82, 2.24) is 9.80 Å². The maximum absolute atomic E-state index is 12.9. The quantitative estimate of drug-likeness (QED) is 0.541. The number of hydrogen-bond donors (Lipinski definition) is 2. The van der Waals surface area contributed by atoms with Crippen LogP contribution in [0.25, 0.3) is 0 Å².